The zero-order valence-electron chi connectivity index (χ0n) is 19.0. The molecular formula is C32H24OS. The number of benzene rings is 5. The first-order chi connectivity index (χ1) is 16.8. The molecule has 0 N–H and O–H groups in total. The van der Waals surface area contributed by atoms with Gasteiger partial charge < -0.3 is 4.74 Å². The summed E-state index contributed by atoms with van der Waals surface area (Å²) in [5.41, 5.74) is 10.3. The van der Waals surface area contributed by atoms with E-state index in [-0.39, 0.29) is 0 Å². The molecule has 1 heterocycles. The highest BCUT2D eigenvalue weighted by molar-refractivity contribution is 7.99. The first kappa shape index (κ1) is 20.8. The molecule has 0 bridgehead atoms. The Kier molecular flexibility index (Phi) is 5.44. The topological polar surface area (TPSA) is 9.23 Å². The van der Waals surface area contributed by atoms with Crippen LogP contribution in [-0.4, -0.2) is 7.11 Å². The molecule has 5 aromatic carbocycles. The number of fused-ring (bicyclic) bond motifs is 2. The van der Waals surface area contributed by atoms with Gasteiger partial charge in [0.15, 0.2) is 0 Å². The Bertz CT molecular complexity index is 1460. The van der Waals surface area contributed by atoms with Crippen molar-refractivity contribution in [2.24, 2.45) is 0 Å². The highest BCUT2D eigenvalue weighted by atomic mass is 32.2. The summed E-state index contributed by atoms with van der Waals surface area (Å²) in [6.07, 6.45) is 0.925. The van der Waals surface area contributed by atoms with Crippen LogP contribution in [-0.2, 0) is 6.42 Å². The molecule has 0 saturated carbocycles. The van der Waals surface area contributed by atoms with E-state index in [0.717, 1.165) is 12.2 Å². The molecule has 34 heavy (non-hydrogen) atoms. The van der Waals surface area contributed by atoms with Crippen LogP contribution in [0.3, 0.4) is 0 Å². The van der Waals surface area contributed by atoms with E-state index in [9.17, 15) is 0 Å². The minimum Gasteiger partial charge on any atom is -0.497 e. The largest absolute Gasteiger partial charge is 0.497 e. The molecule has 1 nitrogen and oxygen atoms in total. The summed E-state index contributed by atoms with van der Waals surface area (Å²) in [7, 11) is 1.72. The van der Waals surface area contributed by atoms with E-state index >= 15 is 0 Å². The molecule has 5 aromatic rings. The van der Waals surface area contributed by atoms with Crippen LogP contribution in [0.2, 0.25) is 0 Å². The quantitative estimate of drug-likeness (QED) is 0.262. The van der Waals surface area contributed by atoms with Gasteiger partial charge in [-0.15, -0.1) is 0 Å². The van der Waals surface area contributed by atoms with E-state index in [1.807, 2.05) is 11.8 Å². The van der Waals surface area contributed by atoms with Gasteiger partial charge in [0.2, 0.25) is 0 Å². The maximum atomic E-state index is 5.47. The van der Waals surface area contributed by atoms with Gasteiger partial charge in [0.1, 0.15) is 5.75 Å². The predicted octanol–water partition coefficient (Wildman–Crippen LogP) is 8.75. The van der Waals surface area contributed by atoms with Gasteiger partial charge in [0.05, 0.1) is 7.11 Å². The van der Waals surface area contributed by atoms with Crippen molar-refractivity contribution in [1.29, 1.82) is 0 Å². The molecule has 0 fully saturated rings. The molecule has 1 aliphatic heterocycles. The molecule has 0 saturated heterocycles. The van der Waals surface area contributed by atoms with E-state index in [2.05, 4.69) is 115 Å². The van der Waals surface area contributed by atoms with Crippen LogP contribution in [0.5, 0.6) is 5.75 Å². The fourth-order valence-electron chi connectivity index (χ4n) is 4.85. The average molecular weight is 457 g/mol. The lowest BCUT2D eigenvalue weighted by Crippen LogP contribution is -2.05. The average Bonchev–Trinajstić information content (AvgIpc) is 2.92. The molecular weight excluding hydrogens is 432 g/mol. The first-order valence-corrected chi connectivity index (χ1v) is 12.3. The van der Waals surface area contributed by atoms with Crippen LogP contribution in [0.1, 0.15) is 11.1 Å². The Labute approximate surface area is 205 Å². The van der Waals surface area contributed by atoms with Crippen LogP contribution < -0.4 is 4.74 Å². The second-order valence-corrected chi connectivity index (χ2v) is 9.58. The van der Waals surface area contributed by atoms with E-state index in [1.54, 1.807) is 7.11 Å². The molecule has 6 rings (SSSR count). The van der Waals surface area contributed by atoms with Gasteiger partial charge in [-0.1, -0.05) is 103 Å². The maximum absolute atomic E-state index is 5.47. The minimum atomic E-state index is 0.873. The van der Waals surface area contributed by atoms with E-state index in [4.69, 9.17) is 4.74 Å². The van der Waals surface area contributed by atoms with Crippen molar-refractivity contribution < 1.29 is 4.74 Å². The standard InChI is InChI=1S/C32H24OS/c1-33-26-18-16-24(17-19-26)32-28-20-25-14-8-9-15-29(25)34-30(28)21-27(22-10-4-2-5-11-22)31(32)23-12-6-3-7-13-23/h2-19,21H,20H2,1H3. The van der Waals surface area contributed by atoms with Gasteiger partial charge in [-0.3, -0.25) is 0 Å². The van der Waals surface area contributed by atoms with Crippen LogP contribution >= 0.6 is 11.8 Å². The second kappa shape index (κ2) is 8.89. The summed E-state index contributed by atoms with van der Waals surface area (Å²) in [6, 6.07) is 41.3. The van der Waals surface area contributed by atoms with Crippen molar-refractivity contribution in [3.8, 4) is 39.1 Å². The minimum absolute atomic E-state index is 0.873. The highest BCUT2D eigenvalue weighted by Gasteiger charge is 2.25. The SMILES string of the molecule is COc1ccc(-c2c3c(cc(-c4ccccc4)c2-c2ccccc2)Sc2ccccc2C3)cc1. The van der Waals surface area contributed by atoms with Crippen LogP contribution in [0, 0.1) is 0 Å². The molecule has 2 heteroatoms. The van der Waals surface area contributed by atoms with E-state index < -0.39 is 0 Å². The van der Waals surface area contributed by atoms with E-state index in [1.165, 1.54) is 54.3 Å². The Hall–Kier alpha value is -3.75. The van der Waals surface area contributed by atoms with Crippen molar-refractivity contribution in [3.63, 3.8) is 0 Å². The van der Waals surface area contributed by atoms with Crippen molar-refractivity contribution in [1.82, 2.24) is 0 Å². The summed E-state index contributed by atoms with van der Waals surface area (Å²) >= 11 is 1.89. The maximum Gasteiger partial charge on any atom is 0.118 e. The Balaban J connectivity index is 1.70. The molecule has 0 aliphatic carbocycles. The fraction of sp³-hybridized carbons (Fsp3) is 0.0625. The smallest absolute Gasteiger partial charge is 0.118 e. The van der Waals surface area contributed by atoms with Gasteiger partial charge in [0.25, 0.3) is 0 Å². The summed E-state index contributed by atoms with van der Waals surface area (Å²) in [5.74, 6) is 0.873. The summed E-state index contributed by atoms with van der Waals surface area (Å²) in [4.78, 5) is 2.69. The summed E-state index contributed by atoms with van der Waals surface area (Å²) in [6.45, 7) is 0. The van der Waals surface area contributed by atoms with Crippen LogP contribution in [0.25, 0.3) is 33.4 Å². The van der Waals surface area contributed by atoms with Crippen molar-refractivity contribution in [2.45, 2.75) is 16.2 Å². The molecule has 0 aromatic heterocycles. The third kappa shape index (κ3) is 3.70. The molecule has 0 amide bonds. The molecule has 0 spiro atoms. The normalized spacial score (nSPS) is 12.0. The van der Waals surface area contributed by atoms with Gasteiger partial charge >= 0.3 is 0 Å². The number of rotatable bonds is 4. The number of hydrogen-bond donors (Lipinski definition) is 0. The zero-order chi connectivity index (χ0) is 22.9. The van der Waals surface area contributed by atoms with Crippen LogP contribution in [0.15, 0.2) is 125 Å². The highest BCUT2D eigenvalue weighted by Crippen LogP contribution is 2.50. The molecule has 0 radical (unpaired) electrons. The molecule has 164 valence electrons. The van der Waals surface area contributed by atoms with Crippen molar-refractivity contribution in [3.05, 3.63) is 126 Å². The zero-order valence-corrected chi connectivity index (χ0v) is 19.8. The number of hydrogen-bond acceptors (Lipinski definition) is 2. The molecule has 0 unspecified atom stereocenters. The first-order valence-electron chi connectivity index (χ1n) is 11.5. The predicted molar refractivity (Wildman–Crippen MR) is 143 cm³/mol. The van der Waals surface area contributed by atoms with Gasteiger partial charge in [0, 0.05) is 16.2 Å². The lowest BCUT2D eigenvalue weighted by molar-refractivity contribution is 0.415. The lowest BCUT2D eigenvalue weighted by atomic mass is 9.83. The number of ether oxygens (including phenoxy) is 1. The van der Waals surface area contributed by atoms with Gasteiger partial charge in [-0.05, 0) is 68.8 Å². The molecule has 1 aliphatic rings. The van der Waals surface area contributed by atoms with E-state index in [0.29, 0.717) is 0 Å². The van der Waals surface area contributed by atoms with Crippen LogP contribution in [0.4, 0.5) is 0 Å². The monoisotopic (exact) mass is 456 g/mol. The van der Waals surface area contributed by atoms with Gasteiger partial charge in [-0.25, -0.2) is 0 Å². The second-order valence-electron chi connectivity index (χ2n) is 8.50. The number of methoxy groups -OCH3 is 1. The Morgan fingerprint density at radius 3 is 1.91 bits per heavy atom. The van der Waals surface area contributed by atoms with Crippen molar-refractivity contribution >= 4 is 11.8 Å². The molecule has 0 atom stereocenters. The summed E-state index contributed by atoms with van der Waals surface area (Å²) in [5, 5.41) is 0. The lowest BCUT2D eigenvalue weighted by Gasteiger charge is -2.27. The fourth-order valence-corrected chi connectivity index (χ4v) is 5.98. The summed E-state index contributed by atoms with van der Waals surface area (Å²) < 4.78 is 5.47. The Morgan fingerprint density at radius 1 is 0.588 bits per heavy atom. The third-order valence-electron chi connectivity index (χ3n) is 6.48. The third-order valence-corrected chi connectivity index (χ3v) is 7.68. The van der Waals surface area contributed by atoms with Gasteiger partial charge in [-0.2, -0.15) is 0 Å². The van der Waals surface area contributed by atoms with Crippen molar-refractivity contribution in [2.75, 3.05) is 7.11 Å². The Morgan fingerprint density at radius 2 is 1.21 bits per heavy atom.